The molecule has 0 radical (unpaired) electrons. The quantitative estimate of drug-likeness (QED) is 0.669. The maximum Gasteiger partial charge on any atom is 0.383 e. The summed E-state index contributed by atoms with van der Waals surface area (Å²) in [7, 11) is 0. The van der Waals surface area contributed by atoms with Crippen molar-refractivity contribution in [3.05, 3.63) is 29.8 Å². The summed E-state index contributed by atoms with van der Waals surface area (Å²) in [6.07, 6.45) is 0. The lowest BCUT2D eigenvalue weighted by atomic mass is 10.2. The van der Waals surface area contributed by atoms with Gasteiger partial charge in [0.15, 0.2) is 0 Å². The van der Waals surface area contributed by atoms with E-state index in [0.29, 0.717) is 0 Å². The van der Waals surface area contributed by atoms with Gasteiger partial charge in [-0.15, -0.1) is 0 Å². The van der Waals surface area contributed by atoms with Crippen molar-refractivity contribution in [2.45, 2.75) is 0 Å². The molecule has 0 fully saturated rings. The molecule has 0 aliphatic heterocycles. The summed E-state index contributed by atoms with van der Waals surface area (Å²) in [6, 6.07) is 5.54. The van der Waals surface area contributed by atoms with Crippen molar-refractivity contribution >= 4 is 5.97 Å². The normalized spacial score (nSPS) is 9.18. The summed E-state index contributed by atoms with van der Waals surface area (Å²) in [4.78, 5) is 13.4. The van der Waals surface area contributed by atoms with Crippen LogP contribution in [0, 0.1) is 0 Å². The fourth-order valence-corrected chi connectivity index (χ4v) is 0.688. The van der Waals surface area contributed by atoms with Crippen LogP contribution in [-0.2, 0) is 4.94 Å². The molecule has 0 saturated carbocycles. The molecule has 0 aliphatic rings. The van der Waals surface area contributed by atoms with Gasteiger partial charge >= 0.3 is 5.97 Å². The van der Waals surface area contributed by atoms with Crippen molar-refractivity contribution in [1.82, 2.24) is 0 Å². The first kappa shape index (κ1) is 7.53. The van der Waals surface area contributed by atoms with E-state index < -0.39 is 5.97 Å². The summed E-state index contributed by atoms with van der Waals surface area (Å²) in [5, 5.41) is 8.94. The molecule has 0 atom stereocenters. The standard InChI is InChI=1S/C7H5FO3/c8-11-7(10)5-3-1-2-4-6(5)9/h1-4,9H. The Morgan fingerprint density at radius 1 is 1.45 bits per heavy atom. The van der Waals surface area contributed by atoms with Gasteiger partial charge in [-0.25, -0.2) is 9.74 Å². The Bertz CT molecular complexity index is 272. The van der Waals surface area contributed by atoms with Gasteiger partial charge < -0.3 is 5.11 Å². The Labute approximate surface area is 61.9 Å². The highest BCUT2D eigenvalue weighted by Gasteiger charge is 2.11. The highest BCUT2D eigenvalue weighted by Crippen LogP contribution is 2.16. The summed E-state index contributed by atoms with van der Waals surface area (Å²) < 4.78 is 11.3. The second kappa shape index (κ2) is 3.01. The van der Waals surface area contributed by atoms with Crippen LogP contribution in [0.25, 0.3) is 0 Å². The molecule has 1 N–H and O–H groups in total. The lowest BCUT2D eigenvalue weighted by molar-refractivity contribution is -0.0789. The van der Waals surface area contributed by atoms with Crippen LogP contribution in [0.4, 0.5) is 4.53 Å². The van der Waals surface area contributed by atoms with E-state index in [1.165, 1.54) is 24.3 Å². The second-order valence-corrected chi connectivity index (χ2v) is 1.88. The monoisotopic (exact) mass is 156 g/mol. The van der Waals surface area contributed by atoms with E-state index in [-0.39, 0.29) is 11.3 Å². The van der Waals surface area contributed by atoms with Gasteiger partial charge in [0.05, 0.1) is 0 Å². The molecule has 0 bridgehead atoms. The highest BCUT2D eigenvalue weighted by atomic mass is 19.3. The third kappa shape index (κ3) is 1.46. The predicted molar refractivity (Wildman–Crippen MR) is 34.6 cm³/mol. The van der Waals surface area contributed by atoms with Gasteiger partial charge in [-0.3, -0.25) is 0 Å². The average molecular weight is 156 g/mol. The molecule has 0 aromatic heterocycles. The average Bonchev–Trinajstić information content (AvgIpc) is 2.04. The Hall–Kier alpha value is -1.58. The smallest absolute Gasteiger partial charge is 0.383 e. The van der Waals surface area contributed by atoms with Crippen LogP contribution >= 0.6 is 0 Å². The lowest BCUT2D eigenvalue weighted by Gasteiger charge is -1.96. The first-order chi connectivity index (χ1) is 5.25. The minimum absolute atomic E-state index is 0.185. The van der Waals surface area contributed by atoms with E-state index in [4.69, 9.17) is 5.11 Å². The number of halogens is 1. The highest BCUT2D eigenvalue weighted by molar-refractivity contribution is 5.91. The molecule has 0 amide bonds. The molecule has 11 heavy (non-hydrogen) atoms. The van der Waals surface area contributed by atoms with E-state index in [1.54, 1.807) is 0 Å². The van der Waals surface area contributed by atoms with Crippen LogP contribution in [0.15, 0.2) is 24.3 Å². The Balaban J connectivity index is 3.03. The number of phenolic OH excluding ortho intramolecular Hbond substituents is 1. The minimum atomic E-state index is -1.19. The number of rotatable bonds is 1. The fourth-order valence-electron chi connectivity index (χ4n) is 0.688. The number of aromatic hydroxyl groups is 1. The number of hydrogen-bond acceptors (Lipinski definition) is 3. The van der Waals surface area contributed by atoms with E-state index >= 15 is 0 Å². The predicted octanol–water partition coefficient (Wildman–Crippen LogP) is 1.43. The summed E-state index contributed by atoms with van der Waals surface area (Å²) in [5.74, 6) is -1.49. The molecular formula is C7H5FO3. The van der Waals surface area contributed by atoms with Crippen LogP contribution in [0.2, 0.25) is 0 Å². The van der Waals surface area contributed by atoms with Crippen LogP contribution in [0.3, 0.4) is 0 Å². The van der Waals surface area contributed by atoms with Crippen LogP contribution in [-0.4, -0.2) is 11.1 Å². The molecule has 0 heterocycles. The topological polar surface area (TPSA) is 46.5 Å². The van der Waals surface area contributed by atoms with Crippen molar-refractivity contribution < 1.29 is 19.4 Å². The zero-order valence-electron chi connectivity index (χ0n) is 5.45. The van der Waals surface area contributed by atoms with Crippen LogP contribution < -0.4 is 0 Å². The third-order valence-electron chi connectivity index (χ3n) is 1.19. The first-order valence-corrected chi connectivity index (χ1v) is 2.86. The Kier molecular flexibility index (Phi) is 2.06. The molecule has 3 nitrogen and oxygen atoms in total. The summed E-state index contributed by atoms with van der Waals surface area (Å²) >= 11 is 0. The summed E-state index contributed by atoms with van der Waals surface area (Å²) in [5.41, 5.74) is -0.185. The van der Waals surface area contributed by atoms with E-state index in [9.17, 15) is 9.32 Å². The van der Waals surface area contributed by atoms with Gasteiger partial charge in [0.2, 0.25) is 0 Å². The largest absolute Gasteiger partial charge is 0.507 e. The van der Waals surface area contributed by atoms with Gasteiger partial charge in [0.25, 0.3) is 0 Å². The SMILES string of the molecule is O=C(OF)c1ccccc1O. The van der Waals surface area contributed by atoms with Crippen molar-refractivity contribution in [3.63, 3.8) is 0 Å². The fraction of sp³-hybridized carbons (Fsp3) is 0. The number of carbonyl (C=O) groups excluding carboxylic acids is 1. The Morgan fingerprint density at radius 3 is 2.64 bits per heavy atom. The van der Waals surface area contributed by atoms with Gasteiger partial charge in [-0.05, 0) is 12.1 Å². The first-order valence-electron chi connectivity index (χ1n) is 2.86. The molecule has 1 aromatic rings. The molecular weight excluding hydrogens is 151 g/mol. The van der Waals surface area contributed by atoms with Crippen molar-refractivity contribution in [3.8, 4) is 5.75 Å². The van der Waals surface area contributed by atoms with E-state index in [2.05, 4.69) is 4.94 Å². The van der Waals surface area contributed by atoms with Gasteiger partial charge in [-0.2, -0.15) is 0 Å². The second-order valence-electron chi connectivity index (χ2n) is 1.88. The van der Waals surface area contributed by atoms with E-state index in [0.717, 1.165) is 0 Å². The molecule has 1 rings (SSSR count). The molecule has 0 unspecified atom stereocenters. The number of para-hydroxylation sites is 1. The zero-order valence-corrected chi connectivity index (χ0v) is 5.45. The lowest BCUT2D eigenvalue weighted by Crippen LogP contribution is -1.97. The van der Waals surface area contributed by atoms with Gasteiger partial charge in [0, 0.05) is 4.53 Å². The van der Waals surface area contributed by atoms with Crippen molar-refractivity contribution in [2.24, 2.45) is 0 Å². The van der Waals surface area contributed by atoms with Gasteiger partial charge in [0.1, 0.15) is 11.3 Å². The number of hydrogen-bond donors (Lipinski definition) is 1. The molecule has 58 valence electrons. The van der Waals surface area contributed by atoms with Crippen molar-refractivity contribution in [2.75, 3.05) is 0 Å². The zero-order chi connectivity index (χ0) is 8.27. The van der Waals surface area contributed by atoms with Crippen LogP contribution in [0.5, 0.6) is 5.75 Å². The molecule has 0 saturated heterocycles. The van der Waals surface area contributed by atoms with E-state index in [1.807, 2.05) is 0 Å². The Morgan fingerprint density at radius 2 is 2.09 bits per heavy atom. The number of carbonyl (C=O) groups is 1. The molecule has 4 heteroatoms. The minimum Gasteiger partial charge on any atom is -0.507 e. The molecule has 0 spiro atoms. The van der Waals surface area contributed by atoms with Crippen molar-refractivity contribution in [1.29, 1.82) is 0 Å². The maximum atomic E-state index is 11.3. The van der Waals surface area contributed by atoms with Gasteiger partial charge in [-0.1, -0.05) is 12.1 Å². The summed E-state index contributed by atoms with van der Waals surface area (Å²) in [6.45, 7) is 0. The molecule has 1 aromatic carbocycles. The maximum absolute atomic E-state index is 11.3. The van der Waals surface area contributed by atoms with Crippen LogP contribution in [0.1, 0.15) is 10.4 Å². The number of benzene rings is 1. The third-order valence-corrected chi connectivity index (χ3v) is 1.19. The molecule has 0 aliphatic carbocycles. The number of phenols is 1.